The Morgan fingerprint density at radius 2 is 2.17 bits per heavy atom. The van der Waals surface area contributed by atoms with Crippen molar-refractivity contribution in [1.82, 2.24) is 0 Å². The van der Waals surface area contributed by atoms with Gasteiger partial charge in [-0.3, -0.25) is 4.79 Å². The molecule has 2 rings (SSSR count). The summed E-state index contributed by atoms with van der Waals surface area (Å²) in [5.74, 6) is 1.20. The minimum atomic E-state index is -0.148. The molecule has 0 radical (unpaired) electrons. The number of carbonyl (C=O) groups is 1. The van der Waals surface area contributed by atoms with E-state index in [1.165, 1.54) is 0 Å². The number of hydrogen-bond donors (Lipinski definition) is 0. The maximum Gasteiger partial charge on any atom is 0.146 e. The molecule has 0 aliphatic carbocycles. The molecule has 0 N–H and O–H groups in total. The zero-order valence-electron chi connectivity index (χ0n) is 11.7. The van der Waals surface area contributed by atoms with Crippen LogP contribution in [0.3, 0.4) is 0 Å². The average Bonchev–Trinajstić information content (AvgIpc) is 2.73. The van der Waals surface area contributed by atoms with Crippen molar-refractivity contribution in [3.8, 4) is 0 Å². The summed E-state index contributed by atoms with van der Waals surface area (Å²) in [7, 11) is 0. The predicted molar refractivity (Wildman–Crippen MR) is 74.1 cm³/mol. The Morgan fingerprint density at radius 1 is 1.39 bits per heavy atom. The molecule has 0 amide bonds. The van der Waals surface area contributed by atoms with Crippen LogP contribution < -0.4 is 0 Å². The molecule has 0 saturated carbocycles. The highest BCUT2D eigenvalue weighted by atomic mass is 32.2. The minimum absolute atomic E-state index is 0.148. The summed E-state index contributed by atoms with van der Waals surface area (Å²) in [6, 6.07) is 0. The van der Waals surface area contributed by atoms with E-state index in [1.54, 1.807) is 11.8 Å². The van der Waals surface area contributed by atoms with Crippen LogP contribution >= 0.6 is 11.8 Å². The first-order valence-corrected chi connectivity index (χ1v) is 7.77. The summed E-state index contributed by atoms with van der Waals surface area (Å²) in [5.41, 5.74) is -0.148. The largest absolute Gasteiger partial charge is 0.378 e. The van der Waals surface area contributed by atoms with Gasteiger partial charge in [0.05, 0.1) is 18.0 Å². The molecule has 0 aromatic rings. The van der Waals surface area contributed by atoms with Crippen LogP contribution in [0.2, 0.25) is 0 Å². The standard InChI is InChI=1S/C14H24O3S/c1-13(2,3)18-9-12(15)11-4-6-17-14(8-11)5-7-16-10-14/h11H,4-10H2,1-3H3. The first-order chi connectivity index (χ1) is 8.40. The Balaban J connectivity index is 1.86. The number of hydrogen-bond acceptors (Lipinski definition) is 4. The zero-order chi connectivity index (χ0) is 13.2. The van der Waals surface area contributed by atoms with Gasteiger partial charge in [0.2, 0.25) is 0 Å². The van der Waals surface area contributed by atoms with Gasteiger partial charge in [-0.05, 0) is 12.8 Å². The number of Topliss-reactive ketones (excluding diaryl/α,β-unsaturated/α-hetero) is 1. The van der Waals surface area contributed by atoms with Gasteiger partial charge >= 0.3 is 0 Å². The minimum Gasteiger partial charge on any atom is -0.378 e. The van der Waals surface area contributed by atoms with E-state index in [0.29, 0.717) is 24.7 Å². The van der Waals surface area contributed by atoms with Gasteiger partial charge in [-0.15, -0.1) is 11.8 Å². The van der Waals surface area contributed by atoms with Gasteiger partial charge in [-0.1, -0.05) is 20.8 Å². The molecular weight excluding hydrogens is 248 g/mol. The second kappa shape index (κ2) is 5.51. The fraction of sp³-hybridized carbons (Fsp3) is 0.929. The molecule has 2 aliphatic heterocycles. The molecule has 2 heterocycles. The Kier molecular flexibility index (Phi) is 4.40. The lowest BCUT2D eigenvalue weighted by Crippen LogP contribution is -2.43. The molecule has 0 bridgehead atoms. The topological polar surface area (TPSA) is 35.5 Å². The Bertz CT molecular complexity index is 303. The second-order valence-corrected chi connectivity index (χ2v) is 8.19. The van der Waals surface area contributed by atoms with Crippen molar-refractivity contribution in [1.29, 1.82) is 0 Å². The summed E-state index contributed by atoms with van der Waals surface area (Å²) in [6.45, 7) is 8.62. The summed E-state index contributed by atoms with van der Waals surface area (Å²) >= 11 is 1.74. The van der Waals surface area contributed by atoms with Crippen LogP contribution in [0.25, 0.3) is 0 Å². The van der Waals surface area contributed by atoms with Crippen molar-refractivity contribution in [2.24, 2.45) is 5.92 Å². The van der Waals surface area contributed by atoms with Crippen LogP contribution in [0.5, 0.6) is 0 Å². The summed E-state index contributed by atoms with van der Waals surface area (Å²) in [5, 5.41) is 0. The second-order valence-electron chi connectivity index (χ2n) is 6.39. The number of thioether (sulfide) groups is 1. The highest BCUT2D eigenvalue weighted by Gasteiger charge is 2.42. The number of carbonyl (C=O) groups excluding carboxylic acids is 1. The lowest BCUT2D eigenvalue weighted by Gasteiger charge is -2.36. The lowest BCUT2D eigenvalue weighted by molar-refractivity contribution is -0.134. The first kappa shape index (κ1) is 14.4. The molecule has 0 aromatic carbocycles. The Labute approximate surface area is 114 Å². The van der Waals surface area contributed by atoms with Gasteiger partial charge in [-0.25, -0.2) is 0 Å². The van der Waals surface area contributed by atoms with Crippen LogP contribution in [0, 0.1) is 5.92 Å². The van der Waals surface area contributed by atoms with Gasteiger partial charge < -0.3 is 9.47 Å². The van der Waals surface area contributed by atoms with Crippen LogP contribution in [0.1, 0.15) is 40.0 Å². The van der Waals surface area contributed by atoms with Gasteiger partial charge in [0.15, 0.2) is 0 Å². The van der Waals surface area contributed by atoms with Gasteiger partial charge in [0.1, 0.15) is 5.78 Å². The van der Waals surface area contributed by atoms with Gasteiger partial charge in [-0.2, -0.15) is 0 Å². The van der Waals surface area contributed by atoms with Gasteiger partial charge in [0.25, 0.3) is 0 Å². The van der Waals surface area contributed by atoms with Crippen molar-refractivity contribution >= 4 is 17.5 Å². The maximum atomic E-state index is 12.3. The highest BCUT2D eigenvalue weighted by molar-refractivity contribution is 8.01. The molecule has 2 aliphatic rings. The van der Waals surface area contributed by atoms with Crippen molar-refractivity contribution in [2.45, 2.75) is 50.4 Å². The fourth-order valence-electron chi connectivity index (χ4n) is 2.57. The lowest BCUT2D eigenvalue weighted by atomic mass is 9.83. The average molecular weight is 272 g/mol. The molecule has 2 saturated heterocycles. The monoisotopic (exact) mass is 272 g/mol. The van der Waals surface area contributed by atoms with Gasteiger partial charge in [0, 0.05) is 30.3 Å². The SMILES string of the molecule is CC(C)(C)SCC(=O)C1CCOC2(CCOC2)C1. The smallest absolute Gasteiger partial charge is 0.146 e. The molecule has 2 unspecified atom stereocenters. The predicted octanol–water partition coefficient (Wildman–Crippen LogP) is 2.67. The van der Waals surface area contributed by atoms with Crippen molar-refractivity contribution in [2.75, 3.05) is 25.6 Å². The molecule has 3 nitrogen and oxygen atoms in total. The molecule has 2 fully saturated rings. The van der Waals surface area contributed by atoms with E-state index in [9.17, 15) is 4.79 Å². The van der Waals surface area contributed by atoms with Crippen molar-refractivity contribution in [3.63, 3.8) is 0 Å². The summed E-state index contributed by atoms with van der Waals surface area (Å²) in [4.78, 5) is 12.3. The molecule has 2 atom stereocenters. The third-order valence-electron chi connectivity index (χ3n) is 3.66. The summed E-state index contributed by atoms with van der Waals surface area (Å²) in [6.07, 6.45) is 2.69. The molecule has 0 aromatic heterocycles. The van der Waals surface area contributed by atoms with E-state index in [-0.39, 0.29) is 16.3 Å². The Hall–Kier alpha value is -0.0600. The van der Waals surface area contributed by atoms with E-state index >= 15 is 0 Å². The van der Waals surface area contributed by atoms with Crippen molar-refractivity contribution < 1.29 is 14.3 Å². The van der Waals surface area contributed by atoms with E-state index in [2.05, 4.69) is 20.8 Å². The quantitative estimate of drug-likeness (QED) is 0.791. The van der Waals surface area contributed by atoms with E-state index in [0.717, 1.165) is 25.9 Å². The highest BCUT2D eigenvalue weighted by Crippen LogP contribution is 2.37. The van der Waals surface area contributed by atoms with E-state index < -0.39 is 0 Å². The normalized spacial score (nSPS) is 32.9. The Morgan fingerprint density at radius 3 is 2.78 bits per heavy atom. The summed E-state index contributed by atoms with van der Waals surface area (Å²) < 4.78 is 11.5. The molecule has 4 heteroatoms. The molecule has 104 valence electrons. The fourth-order valence-corrected chi connectivity index (χ4v) is 3.38. The third kappa shape index (κ3) is 3.72. The van der Waals surface area contributed by atoms with E-state index in [1.807, 2.05) is 0 Å². The van der Waals surface area contributed by atoms with E-state index in [4.69, 9.17) is 9.47 Å². The van der Waals surface area contributed by atoms with Crippen molar-refractivity contribution in [3.05, 3.63) is 0 Å². The number of ether oxygens (including phenoxy) is 2. The number of ketones is 1. The molecule has 1 spiro atoms. The first-order valence-electron chi connectivity index (χ1n) is 6.79. The molecule has 18 heavy (non-hydrogen) atoms. The van der Waals surface area contributed by atoms with Crippen LogP contribution in [-0.2, 0) is 14.3 Å². The maximum absolute atomic E-state index is 12.3. The van der Waals surface area contributed by atoms with Crippen LogP contribution in [-0.4, -0.2) is 41.7 Å². The number of rotatable bonds is 3. The van der Waals surface area contributed by atoms with Crippen LogP contribution in [0.4, 0.5) is 0 Å². The third-order valence-corrected chi connectivity index (χ3v) is 4.96. The zero-order valence-corrected chi connectivity index (χ0v) is 12.5. The van der Waals surface area contributed by atoms with Crippen LogP contribution in [0.15, 0.2) is 0 Å². The molecular formula is C14H24O3S.